The smallest absolute Gasteiger partial charge is 0.229 e. The molecule has 1 fully saturated rings. The fourth-order valence-corrected chi connectivity index (χ4v) is 2.01. The zero-order valence-electron chi connectivity index (χ0n) is 9.16. The summed E-state index contributed by atoms with van der Waals surface area (Å²) in [6.45, 7) is 4.96. The third-order valence-corrected chi connectivity index (χ3v) is 2.57. The van der Waals surface area contributed by atoms with Gasteiger partial charge >= 0.3 is 0 Å². The van der Waals surface area contributed by atoms with Gasteiger partial charge in [0.15, 0.2) is 0 Å². The second kappa shape index (κ2) is 4.06. The summed E-state index contributed by atoms with van der Waals surface area (Å²) in [4.78, 5) is 16.6. The van der Waals surface area contributed by atoms with Crippen LogP contribution in [0.5, 0.6) is 0 Å². The Bertz CT molecular complexity index is 332. The van der Waals surface area contributed by atoms with E-state index in [0.29, 0.717) is 12.5 Å². The SMILES string of the molecule is CC(C)NC1CC(=O)N(c2ccc[nH]2)C1. The fraction of sp³-hybridized carbons (Fsp3) is 0.545. The Balaban J connectivity index is 2.02. The standard InChI is InChI=1S/C11H17N3O/c1-8(2)13-9-6-11(15)14(7-9)10-4-3-5-12-10/h3-5,8-9,12-13H,6-7H2,1-2H3. The maximum Gasteiger partial charge on any atom is 0.229 e. The van der Waals surface area contributed by atoms with Crippen LogP contribution in [0.3, 0.4) is 0 Å². The van der Waals surface area contributed by atoms with Crippen LogP contribution in [0.15, 0.2) is 18.3 Å². The number of hydrogen-bond donors (Lipinski definition) is 2. The van der Waals surface area contributed by atoms with Gasteiger partial charge in [-0.15, -0.1) is 0 Å². The summed E-state index contributed by atoms with van der Waals surface area (Å²) in [7, 11) is 0. The summed E-state index contributed by atoms with van der Waals surface area (Å²) >= 11 is 0. The number of rotatable bonds is 3. The number of H-pyrrole nitrogens is 1. The lowest BCUT2D eigenvalue weighted by atomic mass is 10.2. The third-order valence-electron chi connectivity index (χ3n) is 2.57. The van der Waals surface area contributed by atoms with Crippen molar-refractivity contribution in [3.05, 3.63) is 18.3 Å². The van der Waals surface area contributed by atoms with Crippen molar-refractivity contribution < 1.29 is 4.79 Å². The quantitative estimate of drug-likeness (QED) is 0.780. The highest BCUT2D eigenvalue weighted by Crippen LogP contribution is 2.19. The minimum absolute atomic E-state index is 0.190. The van der Waals surface area contributed by atoms with Gasteiger partial charge in [-0.2, -0.15) is 0 Å². The number of anilines is 1. The number of aromatic amines is 1. The Morgan fingerprint density at radius 3 is 3.00 bits per heavy atom. The maximum absolute atomic E-state index is 11.7. The van der Waals surface area contributed by atoms with E-state index in [4.69, 9.17) is 0 Å². The molecule has 1 atom stereocenters. The van der Waals surface area contributed by atoms with Gasteiger partial charge in [0, 0.05) is 31.2 Å². The van der Waals surface area contributed by atoms with E-state index in [2.05, 4.69) is 24.1 Å². The molecule has 0 spiro atoms. The van der Waals surface area contributed by atoms with Gasteiger partial charge in [0.2, 0.25) is 5.91 Å². The van der Waals surface area contributed by atoms with Gasteiger partial charge in [-0.1, -0.05) is 13.8 Å². The van der Waals surface area contributed by atoms with Crippen molar-refractivity contribution in [1.82, 2.24) is 10.3 Å². The normalized spacial score (nSPS) is 21.7. The van der Waals surface area contributed by atoms with Crippen molar-refractivity contribution >= 4 is 11.7 Å². The molecule has 1 saturated heterocycles. The lowest BCUT2D eigenvalue weighted by Gasteiger charge is -2.16. The van der Waals surface area contributed by atoms with Crippen molar-refractivity contribution in [3.8, 4) is 0 Å². The van der Waals surface area contributed by atoms with E-state index in [1.54, 1.807) is 4.90 Å². The largest absolute Gasteiger partial charge is 0.348 e. The number of aromatic nitrogens is 1. The van der Waals surface area contributed by atoms with Crippen molar-refractivity contribution in [2.45, 2.75) is 32.4 Å². The number of nitrogens with one attached hydrogen (secondary N) is 2. The molecule has 2 N–H and O–H groups in total. The Morgan fingerprint density at radius 1 is 1.60 bits per heavy atom. The van der Waals surface area contributed by atoms with Crippen LogP contribution in [0.1, 0.15) is 20.3 Å². The summed E-state index contributed by atoms with van der Waals surface area (Å²) in [6, 6.07) is 4.54. The van der Waals surface area contributed by atoms with Crippen molar-refractivity contribution in [2.75, 3.05) is 11.4 Å². The summed E-state index contributed by atoms with van der Waals surface area (Å²) in [5.74, 6) is 1.09. The molecule has 15 heavy (non-hydrogen) atoms. The first-order valence-corrected chi connectivity index (χ1v) is 5.36. The van der Waals surface area contributed by atoms with Crippen LogP contribution in [-0.2, 0) is 4.79 Å². The number of nitrogens with zero attached hydrogens (tertiary/aromatic N) is 1. The molecule has 1 amide bonds. The van der Waals surface area contributed by atoms with Crippen molar-refractivity contribution in [3.63, 3.8) is 0 Å². The number of amides is 1. The molecule has 0 aromatic carbocycles. The molecule has 4 nitrogen and oxygen atoms in total. The molecule has 82 valence electrons. The first-order valence-electron chi connectivity index (χ1n) is 5.36. The third kappa shape index (κ3) is 2.21. The van der Waals surface area contributed by atoms with Crippen molar-refractivity contribution in [1.29, 1.82) is 0 Å². The minimum Gasteiger partial charge on any atom is -0.348 e. The summed E-state index contributed by atoms with van der Waals surface area (Å²) in [5, 5.41) is 3.39. The highest BCUT2D eigenvalue weighted by molar-refractivity contribution is 5.95. The van der Waals surface area contributed by atoms with Crippen LogP contribution >= 0.6 is 0 Å². The van der Waals surface area contributed by atoms with Gasteiger partial charge in [-0.3, -0.25) is 9.69 Å². The molecule has 2 heterocycles. The first kappa shape index (κ1) is 10.2. The Hall–Kier alpha value is -1.29. The monoisotopic (exact) mass is 207 g/mol. The predicted octanol–water partition coefficient (Wildman–Crippen LogP) is 1.12. The van der Waals surface area contributed by atoms with Crippen LogP contribution in [0, 0.1) is 0 Å². The molecule has 4 heteroatoms. The zero-order chi connectivity index (χ0) is 10.8. The van der Waals surface area contributed by atoms with Crippen LogP contribution < -0.4 is 10.2 Å². The van der Waals surface area contributed by atoms with Gasteiger partial charge in [0.05, 0.1) is 0 Å². The molecule has 1 aromatic rings. The molecular weight excluding hydrogens is 190 g/mol. The second-order valence-corrected chi connectivity index (χ2v) is 4.28. The molecule has 1 aliphatic heterocycles. The highest BCUT2D eigenvalue weighted by Gasteiger charge is 2.30. The molecule has 0 saturated carbocycles. The fourth-order valence-electron chi connectivity index (χ4n) is 2.01. The Morgan fingerprint density at radius 2 is 2.40 bits per heavy atom. The van der Waals surface area contributed by atoms with E-state index in [1.165, 1.54) is 0 Å². The molecule has 0 aliphatic carbocycles. The molecule has 1 aromatic heterocycles. The second-order valence-electron chi connectivity index (χ2n) is 4.28. The molecule has 2 rings (SSSR count). The summed E-state index contributed by atoms with van der Waals surface area (Å²) < 4.78 is 0. The molecule has 0 radical (unpaired) electrons. The van der Waals surface area contributed by atoms with Crippen LogP contribution in [-0.4, -0.2) is 29.5 Å². The van der Waals surface area contributed by atoms with Gasteiger partial charge in [-0.05, 0) is 12.1 Å². The molecule has 1 aliphatic rings. The molecule has 1 unspecified atom stereocenters. The molecular formula is C11H17N3O. The van der Waals surface area contributed by atoms with E-state index < -0.39 is 0 Å². The van der Waals surface area contributed by atoms with Gasteiger partial charge in [0.1, 0.15) is 5.82 Å². The first-order chi connectivity index (χ1) is 7.16. The van der Waals surface area contributed by atoms with Gasteiger partial charge in [-0.25, -0.2) is 0 Å². The maximum atomic E-state index is 11.7. The summed E-state index contributed by atoms with van der Waals surface area (Å²) in [5.41, 5.74) is 0. The Kier molecular flexibility index (Phi) is 2.77. The van der Waals surface area contributed by atoms with E-state index in [1.807, 2.05) is 18.3 Å². The average Bonchev–Trinajstić information content (AvgIpc) is 2.72. The molecule has 0 bridgehead atoms. The van der Waals surface area contributed by atoms with Crippen LogP contribution in [0.2, 0.25) is 0 Å². The van der Waals surface area contributed by atoms with Crippen LogP contribution in [0.25, 0.3) is 0 Å². The Labute approximate surface area is 89.7 Å². The van der Waals surface area contributed by atoms with Gasteiger partial charge in [0.25, 0.3) is 0 Å². The van der Waals surface area contributed by atoms with Gasteiger partial charge < -0.3 is 10.3 Å². The van der Waals surface area contributed by atoms with E-state index in [9.17, 15) is 4.79 Å². The summed E-state index contributed by atoms with van der Waals surface area (Å²) in [6.07, 6.45) is 2.43. The average molecular weight is 207 g/mol. The topological polar surface area (TPSA) is 48.1 Å². The zero-order valence-corrected chi connectivity index (χ0v) is 9.16. The van der Waals surface area contributed by atoms with Crippen molar-refractivity contribution in [2.24, 2.45) is 0 Å². The van der Waals surface area contributed by atoms with E-state index in [0.717, 1.165) is 12.4 Å². The van der Waals surface area contributed by atoms with E-state index >= 15 is 0 Å². The van der Waals surface area contributed by atoms with E-state index in [-0.39, 0.29) is 11.9 Å². The number of hydrogen-bond acceptors (Lipinski definition) is 2. The number of carbonyl (C=O) groups is 1. The lowest BCUT2D eigenvalue weighted by Crippen LogP contribution is -2.37. The lowest BCUT2D eigenvalue weighted by molar-refractivity contribution is -0.117. The highest BCUT2D eigenvalue weighted by atomic mass is 16.2. The number of carbonyl (C=O) groups excluding carboxylic acids is 1. The minimum atomic E-state index is 0.190. The predicted molar refractivity (Wildman–Crippen MR) is 59.8 cm³/mol. The van der Waals surface area contributed by atoms with Crippen LogP contribution in [0.4, 0.5) is 5.82 Å².